The molecule has 0 spiro atoms. The van der Waals surface area contributed by atoms with E-state index in [4.69, 9.17) is 4.74 Å². The van der Waals surface area contributed by atoms with Crippen LogP contribution in [-0.2, 0) is 22.6 Å². The molecule has 188 valence electrons. The minimum Gasteiger partial charge on any atom is -0.383 e. The van der Waals surface area contributed by atoms with Gasteiger partial charge in [0.05, 0.1) is 41.8 Å². The molecule has 1 aliphatic rings. The molecule has 3 heterocycles. The van der Waals surface area contributed by atoms with E-state index in [0.717, 1.165) is 42.7 Å². The number of rotatable bonds is 8. The minimum absolute atomic E-state index is 0.0132. The quantitative estimate of drug-likeness (QED) is 0.389. The Morgan fingerprint density at radius 3 is 2.78 bits per heavy atom. The monoisotopic (exact) mass is 488 g/mol. The van der Waals surface area contributed by atoms with Crippen molar-refractivity contribution in [3.05, 3.63) is 59.8 Å². The second-order valence-corrected chi connectivity index (χ2v) is 9.46. The Labute approximate surface area is 209 Å². The van der Waals surface area contributed by atoms with E-state index >= 15 is 0 Å². The second kappa shape index (κ2) is 10.5. The maximum atomic E-state index is 13.4. The van der Waals surface area contributed by atoms with Crippen LogP contribution < -0.4 is 10.6 Å². The minimum atomic E-state index is -0.248. The number of hydrogen-bond acceptors (Lipinski definition) is 5. The van der Waals surface area contributed by atoms with E-state index in [0.29, 0.717) is 35.4 Å². The molecule has 3 aromatic heterocycles. The molecule has 1 aromatic carbocycles. The van der Waals surface area contributed by atoms with Gasteiger partial charge in [0.2, 0.25) is 5.91 Å². The van der Waals surface area contributed by atoms with Crippen molar-refractivity contribution in [2.24, 2.45) is 5.92 Å². The maximum absolute atomic E-state index is 13.4. The number of ether oxygens (including phenoxy) is 1. The number of pyridine rings is 1. The van der Waals surface area contributed by atoms with Crippen molar-refractivity contribution in [3.63, 3.8) is 0 Å². The van der Waals surface area contributed by atoms with Gasteiger partial charge in [0.25, 0.3) is 5.91 Å². The van der Waals surface area contributed by atoms with Crippen LogP contribution in [0.25, 0.3) is 16.7 Å². The summed E-state index contributed by atoms with van der Waals surface area (Å²) in [5.41, 5.74) is 5.09. The summed E-state index contributed by atoms with van der Waals surface area (Å²) in [6.07, 6.45) is 8.80. The standard InChI is InChI=1S/C27H32N6O3/c1-18-7-6-10-24-30-21(16-33(18)24)15-28-27(35)22-13-20(31-26(34)19-8-4-3-5-9-19)14-23-25(22)32(17-29-23)11-12-36-2/h6-7,10,13-14,16-17,19H,3-5,8-9,11-12,15H2,1-2H3,(H,28,35)(H,31,34). The molecule has 2 amide bonds. The summed E-state index contributed by atoms with van der Waals surface area (Å²) in [4.78, 5) is 35.5. The number of methoxy groups -OCH3 is 1. The van der Waals surface area contributed by atoms with Crippen LogP contribution in [0.5, 0.6) is 0 Å². The second-order valence-electron chi connectivity index (χ2n) is 9.46. The van der Waals surface area contributed by atoms with Gasteiger partial charge in [-0.2, -0.15) is 0 Å². The van der Waals surface area contributed by atoms with Crippen LogP contribution in [0.4, 0.5) is 5.69 Å². The third-order valence-corrected chi connectivity index (χ3v) is 6.91. The van der Waals surface area contributed by atoms with Crippen LogP contribution in [0.2, 0.25) is 0 Å². The number of nitrogens with zero attached hydrogens (tertiary/aromatic N) is 4. The summed E-state index contributed by atoms with van der Waals surface area (Å²) >= 11 is 0. The first-order valence-corrected chi connectivity index (χ1v) is 12.5. The lowest BCUT2D eigenvalue weighted by Crippen LogP contribution is -2.26. The summed E-state index contributed by atoms with van der Waals surface area (Å²) in [5.74, 6) is -0.217. The highest BCUT2D eigenvalue weighted by molar-refractivity contribution is 6.07. The predicted molar refractivity (Wildman–Crippen MR) is 138 cm³/mol. The molecule has 0 bridgehead atoms. The first-order chi connectivity index (χ1) is 17.5. The molecule has 1 saturated carbocycles. The maximum Gasteiger partial charge on any atom is 0.253 e. The van der Waals surface area contributed by atoms with Crippen molar-refractivity contribution in [3.8, 4) is 0 Å². The Morgan fingerprint density at radius 2 is 2.00 bits per heavy atom. The number of nitrogens with one attached hydrogen (secondary N) is 2. The molecule has 0 unspecified atom stereocenters. The third-order valence-electron chi connectivity index (χ3n) is 6.91. The highest BCUT2D eigenvalue weighted by Gasteiger charge is 2.23. The topological polar surface area (TPSA) is 103 Å². The normalized spacial score (nSPS) is 14.4. The highest BCUT2D eigenvalue weighted by Crippen LogP contribution is 2.28. The number of amides is 2. The van der Waals surface area contributed by atoms with E-state index in [9.17, 15) is 9.59 Å². The lowest BCUT2D eigenvalue weighted by molar-refractivity contribution is -0.120. The zero-order chi connectivity index (χ0) is 25.1. The summed E-state index contributed by atoms with van der Waals surface area (Å²) in [7, 11) is 1.64. The smallest absolute Gasteiger partial charge is 0.253 e. The average molecular weight is 489 g/mol. The van der Waals surface area contributed by atoms with Gasteiger partial charge in [-0.25, -0.2) is 9.97 Å². The van der Waals surface area contributed by atoms with Gasteiger partial charge in [-0.3, -0.25) is 9.59 Å². The number of imidazole rings is 2. The molecule has 4 aromatic rings. The largest absolute Gasteiger partial charge is 0.383 e. The van der Waals surface area contributed by atoms with Crippen molar-refractivity contribution in [1.29, 1.82) is 0 Å². The predicted octanol–water partition coefficient (Wildman–Crippen LogP) is 4.09. The van der Waals surface area contributed by atoms with E-state index in [1.165, 1.54) is 6.42 Å². The number of carbonyl (C=O) groups excluding carboxylic acids is 2. The van der Waals surface area contributed by atoms with Gasteiger partial charge >= 0.3 is 0 Å². The Kier molecular flexibility index (Phi) is 6.99. The van der Waals surface area contributed by atoms with Crippen LogP contribution in [-0.4, -0.2) is 44.5 Å². The van der Waals surface area contributed by atoms with E-state index in [-0.39, 0.29) is 24.3 Å². The first kappa shape index (κ1) is 24.0. The Balaban J connectivity index is 1.41. The van der Waals surface area contributed by atoms with Gasteiger partial charge in [-0.15, -0.1) is 0 Å². The molecular weight excluding hydrogens is 456 g/mol. The van der Waals surface area contributed by atoms with Gasteiger partial charge in [0, 0.05) is 37.2 Å². The number of fused-ring (bicyclic) bond motifs is 2. The molecule has 0 radical (unpaired) electrons. The molecule has 0 aliphatic heterocycles. The molecule has 36 heavy (non-hydrogen) atoms. The molecule has 1 fully saturated rings. The molecule has 2 N–H and O–H groups in total. The van der Waals surface area contributed by atoms with Gasteiger partial charge in [0.15, 0.2) is 0 Å². The number of aromatic nitrogens is 4. The zero-order valence-electron chi connectivity index (χ0n) is 20.8. The van der Waals surface area contributed by atoms with E-state index in [1.807, 2.05) is 46.4 Å². The van der Waals surface area contributed by atoms with Crippen LogP contribution in [0, 0.1) is 12.8 Å². The van der Waals surface area contributed by atoms with Crippen LogP contribution >= 0.6 is 0 Å². The first-order valence-electron chi connectivity index (χ1n) is 12.5. The molecule has 9 nitrogen and oxygen atoms in total. The van der Waals surface area contributed by atoms with Gasteiger partial charge < -0.3 is 24.3 Å². The molecule has 9 heteroatoms. The van der Waals surface area contributed by atoms with Crippen molar-refractivity contribution in [2.45, 2.75) is 52.1 Å². The zero-order valence-corrected chi connectivity index (χ0v) is 20.8. The number of carbonyl (C=O) groups is 2. The average Bonchev–Trinajstić information content (AvgIpc) is 3.51. The number of aryl methyl sites for hydroxylation is 1. The fraction of sp³-hybridized carbons (Fsp3) is 0.407. The Morgan fingerprint density at radius 1 is 1.17 bits per heavy atom. The Bertz CT molecular complexity index is 1400. The fourth-order valence-corrected chi connectivity index (χ4v) is 4.97. The molecule has 0 saturated heterocycles. The number of hydrogen-bond donors (Lipinski definition) is 2. The fourth-order valence-electron chi connectivity index (χ4n) is 4.97. The highest BCUT2D eigenvalue weighted by atomic mass is 16.5. The van der Waals surface area contributed by atoms with Crippen molar-refractivity contribution in [1.82, 2.24) is 24.3 Å². The van der Waals surface area contributed by atoms with Crippen molar-refractivity contribution < 1.29 is 14.3 Å². The van der Waals surface area contributed by atoms with Crippen LogP contribution in [0.15, 0.2) is 42.9 Å². The van der Waals surface area contributed by atoms with Gasteiger partial charge in [-0.05, 0) is 44.0 Å². The Hall–Kier alpha value is -3.72. The lowest BCUT2D eigenvalue weighted by Gasteiger charge is -2.21. The van der Waals surface area contributed by atoms with E-state index < -0.39 is 0 Å². The van der Waals surface area contributed by atoms with Gasteiger partial charge in [-0.1, -0.05) is 25.3 Å². The summed E-state index contributed by atoms with van der Waals surface area (Å²) in [6.45, 7) is 3.36. The molecule has 5 rings (SSSR count). The summed E-state index contributed by atoms with van der Waals surface area (Å²) in [5, 5.41) is 6.05. The molecule has 1 aliphatic carbocycles. The van der Waals surface area contributed by atoms with Crippen LogP contribution in [0.1, 0.15) is 53.8 Å². The summed E-state index contributed by atoms with van der Waals surface area (Å²) < 4.78 is 9.15. The van der Waals surface area contributed by atoms with E-state index in [1.54, 1.807) is 19.5 Å². The van der Waals surface area contributed by atoms with Crippen molar-refractivity contribution >= 4 is 34.2 Å². The third kappa shape index (κ3) is 4.97. The SMILES string of the molecule is COCCn1cnc2cc(NC(=O)C3CCCCC3)cc(C(=O)NCc3cn4c(C)cccc4n3)c21. The summed E-state index contributed by atoms with van der Waals surface area (Å²) in [6, 6.07) is 9.50. The number of benzene rings is 1. The lowest BCUT2D eigenvalue weighted by atomic mass is 9.88. The van der Waals surface area contributed by atoms with Crippen molar-refractivity contribution in [2.75, 3.05) is 19.0 Å². The van der Waals surface area contributed by atoms with E-state index in [2.05, 4.69) is 20.6 Å². The van der Waals surface area contributed by atoms with Crippen LogP contribution in [0.3, 0.4) is 0 Å². The number of anilines is 1. The molecular formula is C27H32N6O3. The van der Waals surface area contributed by atoms with Gasteiger partial charge in [0.1, 0.15) is 5.65 Å². The molecule has 0 atom stereocenters.